The van der Waals surface area contributed by atoms with Gasteiger partial charge in [-0.3, -0.25) is 14.5 Å². The molecule has 1 amide bonds. The van der Waals surface area contributed by atoms with Gasteiger partial charge in [0.2, 0.25) is 5.91 Å². The van der Waals surface area contributed by atoms with Crippen molar-refractivity contribution in [1.29, 1.82) is 0 Å². The summed E-state index contributed by atoms with van der Waals surface area (Å²) >= 11 is 0. The molecule has 0 aliphatic rings. The average molecular weight is 282 g/mol. The van der Waals surface area contributed by atoms with E-state index in [9.17, 15) is 4.79 Å². The van der Waals surface area contributed by atoms with E-state index in [4.69, 9.17) is 5.73 Å². The SMILES string of the molecule is CCn1cc(NC(=O)Cc2ccc(N)cn2)cn1.Cl. The highest BCUT2D eigenvalue weighted by molar-refractivity contribution is 5.91. The maximum absolute atomic E-state index is 11.7. The summed E-state index contributed by atoms with van der Waals surface area (Å²) in [6, 6.07) is 3.47. The standard InChI is InChI=1S/C12H15N5O.ClH/c1-2-17-8-11(7-15-17)16-12(18)5-10-4-3-9(13)6-14-10;/h3-4,6-8H,2,5,13H2,1H3,(H,16,18);1H. The molecule has 0 aromatic carbocycles. The third-order valence-corrected chi connectivity index (χ3v) is 2.43. The molecule has 3 N–H and O–H groups in total. The molecular weight excluding hydrogens is 266 g/mol. The molecule has 6 nitrogen and oxygen atoms in total. The van der Waals surface area contributed by atoms with E-state index >= 15 is 0 Å². The number of aromatic nitrogens is 3. The Morgan fingerprint density at radius 3 is 2.79 bits per heavy atom. The minimum atomic E-state index is -0.122. The third kappa shape index (κ3) is 4.26. The molecule has 0 aliphatic heterocycles. The minimum absolute atomic E-state index is 0. The van der Waals surface area contributed by atoms with Crippen LogP contribution in [0.2, 0.25) is 0 Å². The van der Waals surface area contributed by atoms with Crippen LogP contribution in [0, 0.1) is 0 Å². The number of nitrogens with zero attached hydrogens (tertiary/aromatic N) is 3. The maximum Gasteiger partial charge on any atom is 0.230 e. The molecule has 2 aromatic rings. The molecule has 0 fully saturated rings. The van der Waals surface area contributed by atoms with Gasteiger partial charge >= 0.3 is 0 Å². The summed E-state index contributed by atoms with van der Waals surface area (Å²) in [6.07, 6.45) is 5.17. The number of carbonyl (C=O) groups excluding carboxylic acids is 1. The molecule has 0 atom stereocenters. The zero-order valence-electron chi connectivity index (χ0n) is 10.5. The van der Waals surface area contributed by atoms with Crippen LogP contribution in [0.25, 0.3) is 0 Å². The highest BCUT2D eigenvalue weighted by Crippen LogP contribution is 2.07. The Kier molecular flexibility index (Phi) is 5.32. The van der Waals surface area contributed by atoms with Crippen molar-refractivity contribution in [1.82, 2.24) is 14.8 Å². The number of anilines is 2. The predicted molar refractivity (Wildman–Crippen MR) is 76.1 cm³/mol. The summed E-state index contributed by atoms with van der Waals surface area (Å²) in [6.45, 7) is 2.76. The van der Waals surface area contributed by atoms with E-state index in [0.29, 0.717) is 17.1 Å². The van der Waals surface area contributed by atoms with E-state index in [1.165, 1.54) is 6.20 Å². The van der Waals surface area contributed by atoms with Gasteiger partial charge in [0.25, 0.3) is 0 Å². The van der Waals surface area contributed by atoms with Crippen molar-refractivity contribution in [3.8, 4) is 0 Å². The van der Waals surface area contributed by atoms with Crippen molar-refractivity contribution in [3.63, 3.8) is 0 Å². The van der Waals surface area contributed by atoms with Crippen LogP contribution in [0.3, 0.4) is 0 Å². The summed E-state index contributed by atoms with van der Waals surface area (Å²) in [4.78, 5) is 15.8. The molecule has 0 saturated heterocycles. The van der Waals surface area contributed by atoms with E-state index in [2.05, 4.69) is 15.4 Å². The lowest BCUT2D eigenvalue weighted by molar-refractivity contribution is -0.115. The first-order chi connectivity index (χ1) is 8.67. The number of aryl methyl sites for hydroxylation is 1. The first-order valence-electron chi connectivity index (χ1n) is 5.70. The number of carbonyl (C=O) groups is 1. The number of hydrogen-bond acceptors (Lipinski definition) is 4. The van der Waals surface area contributed by atoms with Crippen molar-refractivity contribution >= 4 is 29.7 Å². The van der Waals surface area contributed by atoms with Crippen LogP contribution in [0.15, 0.2) is 30.7 Å². The van der Waals surface area contributed by atoms with Crippen molar-refractivity contribution in [2.45, 2.75) is 19.9 Å². The minimum Gasteiger partial charge on any atom is -0.397 e. The fourth-order valence-corrected chi connectivity index (χ4v) is 1.51. The first kappa shape index (κ1) is 15.0. The van der Waals surface area contributed by atoms with Gasteiger partial charge in [-0.25, -0.2) is 0 Å². The molecule has 102 valence electrons. The molecule has 19 heavy (non-hydrogen) atoms. The van der Waals surface area contributed by atoms with Crippen LogP contribution in [0.5, 0.6) is 0 Å². The lowest BCUT2D eigenvalue weighted by Gasteiger charge is -2.02. The average Bonchev–Trinajstić information content (AvgIpc) is 2.79. The van der Waals surface area contributed by atoms with Crippen molar-refractivity contribution in [2.24, 2.45) is 0 Å². The molecule has 0 spiro atoms. The van der Waals surface area contributed by atoms with Crippen LogP contribution in [-0.2, 0) is 17.8 Å². The number of halogens is 1. The predicted octanol–water partition coefficient (Wildman–Crippen LogP) is 1.48. The van der Waals surface area contributed by atoms with E-state index in [1.54, 1.807) is 29.2 Å². The quantitative estimate of drug-likeness (QED) is 0.889. The largest absolute Gasteiger partial charge is 0.397 e. The van der Waals surface area contributed by atoms with Crippen LogP contribution in [0.4, 0.5) is 11.4 Å². The zero-order chi connectivity index (χ0) is 13.0. The first-order valence-corrected chi connectivity index (χ1v) is 5.70. The van der Waals surface area contributed by atoms with E-state index in [-0.39, 0.29) is 24.7 Å². The lowest BCUT2D eigenvalue weighted by Crippen LogP contribution is -2.14. The van der Waals surface area contributed by atoms with Crippen molar-refractivity contribution in [2.75, 3.05) is 11.1 Å². The fourth-order valence-electron chi connectivity index (χ4n) is 1.51. The van der Waals surface area contributed by atoms with Gasteiger partial charge in [-0.15, -0.1) is 12.4 Å². The van der Waals surface area contributed by atoms with Gasteiger partial charge in [0, 0.05) is 18.4 Å². The highest BCUT2D eigenvalue weighted by Gasteiger charge is 2.06. The van der Waals surface area contributed by atoms with Gasteiger partial charge < -0.3 is 11.1 Å². The number of hydrogen-bond donors (Lipinski definition) is 2. The van der Waals surface area contributed by atoms with Crippen LogP contribution < -0.4 is 11.1 Å². The Labute approximate surface area is 117 Å². The summed E-state index contributed by atoms with van der Waals surface area (Å²) < 4.78 is 1.75. The summed E-state index contributed by atoms with van der Waals surface area (Å²) in [5.74, 6) is -0.122. The fraction of sp³-hybridized carbons (Fsp3) is 0.250. The second-order valence-electron chi connectivity index (χ2n) is 3.89. The monoisotopic (exact) mass is 281 g/mol. The van der Waals surface area contributed by atoms with Crippen LogP contribution >= 0.6 is 12.4 Å². The molecule has 7 heteroatoms. The molecule has 0 bridgehead atoms. The van der Waals surface area contributed by atoms with Crippen molar-refractivity contribution in [3.05, 3.63) is 36.4 Å². The maximum atomic E-state index is 11.7. The lowest BCUT2D eigenvalue weighted by atomic mass is 10.2. The van der Waals surface area contributed by atoms with Gasteiger partial charge in [0.1, 0.15) is 0 Å². The topological polar surface area (TPSA) is 85.8 Å². The Balaban J connectivity index is 0.00000180. The number of pyridine rings is 1. The van der Waals surface area contributed by atoms with Gasteiger partial charge in [-0.2, -0.15) is 5.10 Å². The van der Waals surface area contributed by atoms with Gasteiger partial charge in [0.05, 0.1) is 30.2 Å². The third-order valence-electron chi connectivity index (χ3n) is 2.43. The molecule has 0 saturated carbocycles. The van der Waals surface area contributed by atoms with E-state index in [1.807, 2.05) is 6.92 Å². The normalized spacial score (nSPS) is 9.74. The molecule has 0 radical (unpaired) electrons. The second kappa shape index (κ2) is 6.75. The van der Waals surface area contributed by atoms with Gasteiger partial charge in [0.15, 0.2) is 0 Å². The Morgan fingerprint density at radius 1 is 1.42 bits per heavy atom. The number of nitrogens with two attached hydrogens (primary N) is 1. The smallest absolute Gasteiger partial charge is 0.230 e. The van der Waals surface area contributed by atoms with Crippen LogP contribution in [0.1, 0.15) is 12.6 Å². The Hall–Kier alpha value is -2.08. The number of amides is 1. The Morgan fingerprint density at radius 2 is 2.21 bits per heavy atom. The molecule has 0 aliphatic carbocycles. The number of nitrogen functional groups attached to an aromatic ring is 1. The van der Waals surface area contributed by atoms with E-state index < -0.39 is 0 Å². The van der Waals surface area contributed by atoms with Gasteiger partial charge in [-0.1, -0.05) is 0 Å². The molecular formula is C12H16ClN5O. The second-order valence-corrected chi connectivity index (χ2v) is 3.89. The Bertz CT molecular complexity index is 537. The molecule has 2 heterocycles. The highest BCUT2D eigenvalue weighted by atomic mass is 35.5. The molecule has 2 aromatic heterocycles. The zero-order valence-corrected chi connectivity index (χ0v) is 11.4. The molecule has 0 unspecified atom stereocenters. The van der Waals surface area contributed by atoms with E-state index in [0.717, 1.165) is 6.54 Å². The summed E-state index contributed by atoms with van der Waals surface area (Å²) in [7, 11) is 0. The molecule has 2 rings (SSSR count). The van der Waals surface area contributed by atoms with Crippen LogP contribution in [-0.4, -0.2) is 20.7 Å². The summed E-state index contributed by atoms with van der Waals surface area (Å²) in [5, 5.41) is 6.84. The van der Waals surface area contributed by atoms with Crippen molar-refractivity contribution < 1.29 is 4.79 Å². The number of nitrogens with one attached hydrogen (secondary N) is 1. The number of rotatable bonds is 4. The summed E-state index contributed by atoms with van der Waals surface area (Å²) in [5.41, 5.74) is 7.49. The van der Waals surface area contributed by atoms with Gasteiger partial charge in [-0.05, 0) is 19.1 Å².